The van der Waals surface area contributed by atoms with Gasteiger partial charge in [0.25, 0.3) is 0 Å². The number of fused-ring (bicyclic) bond motifs is 1. The van der Waals surface area contributed by atoms with Gasteiger partial charge >= 0.3 is 0 Å². The molecule has 0 atom stereocenters. The molecular formula is C12H20N2. The predicted octanol–water partition coefficient (Wildman–Crippen LogP) is 2.68. The summed E-state index contributed by atoms with van der Waals surface area (Å²) in [6.45, 7) is 5.13. The van der Waals surface area contributed by atoms with E-state index in [1.165, 1.54) is 24.1 Å². The second-order valence-corrected chi connectivity index (χ2v) is 3.38. The molecule has 0 fully saturated rings. The zero-order chi connectivity index (χ0) is 10.6. The summed E-state index contributed by atoms with van der Waals surface area (Å²) in [6.07, 6.45) is 2.41. The molecule has 0 saturated carbocycles. The Labute approximate surface area is 86.7 Å². The van der Waals surface area contributed by atoms with Crippen LogP contribution in [0.25, 0.3) is 0 Å². The average molecular weight is 192 g/mol. The molecule has 0 spiro atoms. The molecule has 1 aromatic carbocycles. The van der Waals surface area contributed by atoms with Crippen molar-refractivity contribution in [2.75, 3.05) is 24.2 Å². The number of nitrogens with zero attached hydrogens (tertiary/aromatic N) is 1. The first kappa shape index (κ1) is 10.9. The molecule has 0 amide bonds. The molecule has 2 rings (SSSR count). The smallest absolute Gasteiger partial charge is 0.0629 e. The Morgan fingerprint density at radius 1 is 1.29 bits per heavy atom. The monoisotopic (exact) mass is 192 g/mol. The van der Waals surface area contributed by atoms with Gasteiger partial charge in [-0.15, -0.1) is 0 Å². The van der Waals surface area contributed by atoms with Crippen molar-refractivity contribution in [3.63, 3.8) is 0 Å². The van der Waals surface area contributed by atoms with Gasteiger partial charge in [-0.25, -0.2) is 0 Å². The van der Waals surface area contributed by atoms with Crippen LogP contribution in [0.4, 0.5) is 11.4 Å². The number of anilines is 2. The number of rotatable bonds is 0. The van der Waals surface area contributed by atoms with Crippen LogP contribution >= 0.6 is 0 Å². The van der Waals surface area contributed by atoms with Gasteiger partial charge in [0.05, 0.1) is 11.4 Å². The number of nitrogen functional groups attached to an aromatic ring is 1. The minimum absolute atomic E-state index is 0.912. The highest BCUT2D eigenvalue weighted by molar-refractivity contribution is 5.72. The number of hydrogen-bond acceptors (Lipinski definition) is 2. The molecule has 1 heterocycles. The number of nitrogens with two attached hydrogens (primary N) is 1. The second-order valence-electron chi connectivity index (χ2n) is 3.38. The van der Waals surface area contributed by atoms with E-state index in [0.717, 1.165) is 12.2 Å². The van der Waals surface area contributed by atoms with Gasteiger partial charge < -0.3 is 10.6 Å². The summed E-state index contributed by atoms with van der Waals surface area (Å²) in [7, 11) is 2.11. The van der Waals surface area contributed by atoms with Gasteiger partial charge in [-0.2, -0.15) is 0 Å². The van der Waals surface area contributed by atoms with Crippen molar-refractivity contribution in [3.05, 3.63) is 23.8 Å². The van der Waals surface area contributed by atoms with Crippen molar-refractivity contribution in [1.29, 1.82) is 0 Å². The van der Waals surface area contributed by atoms with Crippen LogP contribution in [0.5, 0.6) is 0 Å². The fourth-order valence-electron chi connectivity index (χ4n) is 1.90. The lowest BCUT2D eigenvalue weighted by Crippen LogP contribution is -2.25. The molecular weight excluding hydrogens is 172 g/mol. The summed E-state index contributed by atoms with van der Waals surface area (Å²) >= 11 is 0. The average Bonchev–Trinajstić information content (AvgIpc) is 2.21. The molecule has 2 nitrogen and oxygen atoms in total. The van der Waals surface area contributed by atoms with Crippen LogP contribution in [-0.4, -0.2) is 13.6 Å². The Morgan fingerprint density at radius 2 is 2.00 bits per heavy atom. The third-order valence-electron chi connectivity index (χ3n) is 2.47. The van der Waals surface area contributed by atoms with Gasteiger partial charge in [0.15, 0.2) is 0 Å². The number of para-hydroxylation sites is 1. The Morgan fingerprint density at radius 3 is 2.64 bits per heavy atom. The van der Waals surface area contributed by atoms with Gasteiger partial charge in [0.2, 0.25) is 0 Å². The molecule has 0 bridgehead atoms. The molecule has 0 saturated heterocycles. The highest BCUT2D eigenvalue weighted by Gasteiger charge is 2.14. The van der Waals surface area contributed by atoms with Crippen LogP contribution in [-0.2, 0) is 6.42 Å². The van der Waals surface area contributed by atoms with Gasteiger partial charge in [0.1, 0.15) is 0 Å². The zero-order valence-electron chi connectivity index (χ0n) is 9.38. The van der Waals surface area contributed by atoms with Crippen LogP contribution in [0.1, 0.15) is 25.8 Å². The van der Waals surface area contributed by atoms with Crippen molar-refractivity contribution >= 4 is 11.4 Å². The Hall–Kier alpha value is -1.18. The lowest BCUT2D eigenvalue weighted by molar-refractivity contribution is 0.746. The van der Waals surface area contributed by atoms with Crippen molar-refractivity contribution in [2.45, 2.75) is 26.7 Å². The van der Waals surface area contributed by atoms with E-state index in [2.05, 4.69) is 18.0 Å². The standard InChI is InChI=1S/C10H14N2.C2H6/c1-12-7-3-5-8-4-2-6-9(11)10(8)12;1-2/h2,4,6H,3,5,7,11H2,1H3;1-2H3. The van der Waals surface area contributed by atoms with E-state index in [-0.39, 0.29) is 0 Å². The Balaban J connectivity index is 0.000000461. The Kier molecular flexibility index (Phi) is 3.81. The number of aryl methyl sites for hydroxylation is 1. The van der Waals surface area contributed by atoms with E-state index in [0.29, 0.717) is 0 Å². The Bertz CT molecular complexity index is 294. The first-order valence-corrected chi connectivity index (χ1v) is 5.37. The van der Waals surface area contributed by atoms with Crippen LogP contribution in [0.2, 0.25) is 0 Å². The molecule has 2 heteroatoms. The maximum atomic E-state index is 5.89. The third-order valence-corrected chi connectivity index (χ3v) is 2.47. The lowest BCUT2D eigenvalue weighted by Gasteiger charge is -2.28. The molecule has 1 aliphatic rings. The zero-order valence-corrected chi connectivity index (χ0v) is 9.38. The largest absolute Gasteiger partial charge is 0.397 e. The van der Waals surface area contributed by atoms with Crippen molar-refractivity contribution < 1.29 is 0 Å². The number of benzene rings is 1. The van der Waals surface area contributed by atoms with Crippen LogP contribution < -0.4 is 10.6 Å². The van der Waals surface area contributed by atoms with Crippen LogP contribution in [0, 0.1) is 0 Å². The second kappa shape index (κ2) is 4.89. The summed E-state index contributed by atoms with van der Waals surface area (Å²) in [5.41, 5.74) is 9.43. The van der Waals surface area contributed by atoms with Gasteiger partial charge in [-0.3, -0.25) is 0 Å². The van der Waals surface area contributed by atoms with E-state index in [1.807, 2.05) is 26.0 Å². The highest BCUT2D eigenvalue weighted by atomic mass is 15.1. The summed E-state index contributed by atoms with van der Waals surface area (Å²) < 4.78 is 0. The van der Waals surface area contributed by atoms with Crippen LogP contribution in [0.3, 0.4) is 0 Å². The van der Waals surface area contributed by atoms with Crippen LogP contribution in [0.15, 0.2) is 18.2 Å². The summed E-state index contributed by atoms with van der Waals surface area (Å²) in [5.74, 6) is 0. The molecule has 0 radical (unpaired) electrons. The fraction of sp³-hybridized carbons (Fsp3) is 0.500. The molecule has 1 aromatic rings. The molecule has 0 aliphatic carbocycles. The molecule has 0 aromatic heterocycles. The highest BCUT2D eigenvalue weighted by Crippen LogP contribution is 2.31. The van der Waals surface area contributed by atoms with E-state index in [4.69, 9.17) is 5.73 Å². The van der Waals surface area contributed by atoms with Gasteiger partial charge in [-0.05, 0) is 24.5 Å². The summed E-state index contributed by atoms with van der Waals surface area (Å²) in [4.78, 5) is 2.24. The van der Waals surface area contributed by atoms with E-state index < -0.39 is 0 Å². The topological polar surface area (TPSA) is 29.3 Å². The maximum Gasteiger partial charge on any atom is 0.0629 e. The first-order chi connectivity index (χ1) is 6.79. The summed E-state index contributed by atoms with van der Waals surface area (Å²) in [6, 6.07) is 6.18. The molecule has 2 N–H and O–H groups in total. The summed E-state index contributed by atoms with van der Waals surface area (Å²) in [5, 5.41) is 0. The molecule has 1 aliphatic heterocycles. The van der Waals surface area contributed by atoms with Crippen molar-refractivity contribution in [3.8, 4) is 0 Å². The lowest BCUT2D eigenvalue weighted by atomic mass is 10.0. The van der Waals surface area contributed by atoms with E-state index in [9.17, 15) is 0 Å². The van der Waals surface area contributed by atoms with Gasteiger partial charge in [0, 0.05) is 13.6 Å². The van der Waals surface area contributed by atoms with E-state index >= 15 is 0 Å². The maximum absolute atomic E-state index is 5.89. The van der Waals surface area contributed by atoms with Crippen molar-refractivity contribution in [1.82, 2.24) is 0 Å². The SMILES string of the molecule is CC.CN1CCCc2cccc(N)c21. The fourth-order valence-corrected chi connectivity index (χ4v) is 1.90. The van der Waals surface area contributed by atoms with Crippen molar-refractivity contribution in [2.24, 2.45) is 0 Å². The molecule has 0 unspecified atom stereocenters. The predicted molar refractivity (Wildman–Crippen MR) is 63.8 cm³/mol. The normalized spacial score (nSPS) is 14.1. The third kappa shape index (κ3) is 2.00. The van der Waals surface area contributed by atoms with Gasteiger partial charge in [-0.1, -0.05) is 26.0 Å². The van der Waals surface area contributed by atoms with E-state index in [1.54, 1.807) is 0 Å². The quantitative estimate of drug-likeness (QED) is 0.640. The molecule has 78 valence electrons. The number of hydrogen-bond donors (Lipinski definition) is 1. The minimum Gasteiger partial charge on any atom is -0.397 e. The first-order valence-electron chi connectivity index (χ1n) is 5.37. The molecule has 14 heavy (non-hydrogen) atoms. The minimum atomic E-state index is 0.912.